The van der Waals surface area contributed by atoms with Gasteiger partial charge in [0.1, 0.15) is 11.5 Å². The topological polar surface area (TPSA) is 112 Å². The van der Waals surface area contributed by atoms with Crippen molar-refractivity contribution in [3.8, 4) is 28.2 Å². The number of anilines is 2. The number of amides is 1. The zero-order chi connectivity index (χ0) is 22.8. The van der Waals surface area contributed by atoms with Gasteiger partial charge in [0.25, 0.3) is 0 Å². The van der Waals surface area contributed by atoms with Crippen molar-refractivity contribution in [2.75, 3.05) is 11.1 Å². The van der Waals surface area contributed by atoms with Gasteiger partial charge < -0.3 is 11.1 Å². The third-order valence-electron chi connectivity index (χ3n) is 4.80. The van der Waals surface area contributed by atoms with E-state index < -0.39 is 11.6 Å². The number of carbonyl (C=O) groups excluding carboxylic acids is 1. The monoisotopic (exact) mass is 435 g/mol. The Kier molecular flexibility index (Phi) is 5.59. The summed E-state index contributed by atoms with van der Waals surface area (Å²) in [5.41, 5.74) is 8.42. The number of nitrogens with zero attached hydrogens (tertiary/aromatic N) is 5. The SMILES string of the molecule is CC(C)C(=O)Nc1ccc(-c2cnc(N)c(-c3nnnn3-c3cccc(F)c3F)c2)cc1. The van der Waals surface area contributed by atoms with Crippen LogP contribution in [0.1, 0.15) is 13.8 Å². The van der Waals surface area contributed by atoms with E-state index in [9.17, 15) is 13.6 Å². The number of benzene rings is 2. The summed E-state index contributed by atoms with van der Waals surface area (Å²) >= 11 is 0. The van der Waals surface area contributed by atoms with Crippen molar-refractivity contribution in [3.63, 3.8) is 0 Å². The van der Waals surface area contributed by atoms with Gasteiger partial charge in [0, 0.05) is 23.4 Å². The molecule has 10 heteroatoms. The first-order valence-electron chi connectivity index (χ1n) is 9.75. The largest absolute Gasteiger partial charge is 0.383 e. The van der Waals surface area contributed by atoms with Gasteiger partial charge in [-0.2, -0.15) is 4.68 Å². The molecule has 0 aliphatic carbocycles. The minimum atomic E-state index is -1.08. The molecule has 0 aliphatic heterocycles. The molecule has 0 aliphatic rings. The van der Waals surface area contributed by atoms with Crippen LogP contribution in [-0.4, -0.2) is 31.1 Å². The van der Waals surface area contributed by atoms with Gasteiger partial charge in [0.2, 0.25) is 5.91 Å². The lowest BCUT2D eigenvalue weighted by Gasteiger charge is -2.11. The zero-order valence-electron chi connectivity index (χ0n) is 17.3. The van der Waals surface area contributed by atoms with E-state index in [0.29, 0.717) is 16.8 Å². The number of aromatic nitrogens is 5. The lowest BCUT2D eigenvalue weighted by atomic mass is 10.0. The van der Waals surface area contributed by atoms with Crippen LogP contribution in [0.3, 0.4) is 0 Å². The molecule has 0 saturated carbocycles. The van der Waals surface area contributed by atoms with Crippen LogP contribution in [0, 0.1) is 17.6 Å². The summed E-state index contributed by atoms with van der Waals surface area (Å²) in [6.45, 7) is 3.63. The van der Waals surface area contributed by atoms with E-state index in [0.717, 1.165) is 16.3 Å². The number of halogens is 2. The van der Waals surface area contributed by atoms with Crippen LogP contribution >= 0.6 is 0 Å². The maximum absolute atomic E-state index is 14.3. The molecular weight excluding hydrogens is 416 g/mol. The van der Waals surface area contributed by atoms with Gasteiger partial charge >= 0.3 is 0 Å². The average molecular weight is 435 g/mol. The number of nitrogens with two attached hydrogens (primary N) is 1. The fourth-order valence-corrected chi connectivity index (χ4v) is 3.02. The van der Waals surface area contributed by atoms with Crippen LogP contribution in [0.2, 0.25) is 0 Å². The number of pyridine rings is 1. The van der Waals surface area contributed by atoms with Crippen LogP contribution < -0.4 is 11.1 Å². The van der Waals surface area contributed by atoms with Crippen molar-refractivity contribution in [3.05, 3.63) is 66.4 Å². The Bertz CT molecular complexity index is 1290. The summed E-state index contributed by atoms with van der Waals surface area (Å²) in [5, 5.41) is 14.1. The number of tetrazole rings is 1. The lowest BCUT2D eigenvalue weighted by Crippen LogP contribution is -2.17. The van der Waals surface area contributed by atoms with Gasteiger partial charge in [0.05, 0.1) is 5.56 Å². The lowest BCUT2D eigenvalue weighted by molar-refractivity contribution is -0.118. The van der Waals surface area contributed by atoms with Crippen molar-refractivity contribution in [1.29, 1.82) is 0 Å². The fraction of sp³-hybridized carbons (Fsp3) is 0.136. The minimum absolute atomic E-state index is 0.0781. The first-order chi connectivity index (χ1) is 15.3. The number of nitrogens with one attached hydrogen (secondary N) is 1. The second-order valence-electron chi connectivity index (χ2n) is 7.37. The summed E-state index contributed by atoms with van der Waals surface area (Å²) in [7, 11) is 0. The maximum Gasteiger partial charge on any atom is 0.226 e. The van der Waals surface area contributed by atoms with Gasteiger partial charge in [-0.05, 0) is 46.3 Å². The summed E-state index contributed by atoms with van der Waals surface area (Å²) in [5.74, 6) is -2.07. The Labute approximate surface area is 182 Å². The Balaban J connectivity index is 1.70. The van der Waals surface area contributed by atoms with Crippen LogP contribution in [0.15, 0.2) is 54.7 Å². The predicted octanol–water partition coefficient (Wildman–Crippen LogP) is 3.85. The number of hydrogen-bond acceptors (Lipinski definition) is 6. The standard InChI is InChI=1S/C22H19F2N7O/c1-12(2)22(32)27-15-8-6-13(7-9-15)14-10-16(20(25)26-11-14)21-28-29-30-31(21)18-5-3-4-17(23)19(18)24/h3-12H,1-2H3,(H2,25,26)(H,27,32). The molecule has 1 amide bonds. The van der Waals surface area contributed by atoms with E-state index in [1.54, 1.807) is 24.4 Å². The van der Waals surface area contributed by atoms with Crippen molar-refractivity contribution in [2.24, 2.45) is 5.92 Å². The van der Waals surface area contributed by atoms with Crippen LogP contribution in [0.4, 0.5) is 20.3 Å². The van der Waals surface area contributed by atoms with Crippen LogP contribution in [0.5, 0.6) is 0 Å². The number of nitrogen functional groups attached to an aromatic ring is 1. The normalized spacial score (nSPS) is 11.0. The third kappa shape index (κ3) is 4.02. The Morgan fingerprint density at radius 2 is 1.84 bits per heavy atom. The molecule has 2 heterocycles. The molecule has 0 spiro atoms. The molecule has 0 fully saturated rings. The maximum atomic E-state index is 14.3. The van der Waals surface area contributed by atoms with Gasteiger partial charge in [-0.3, -0.25) is 4.79 Å². The predicted molar refractivity (Wildman–Crippen MR) is 116 cm³/mol. The summed E-state index contributed by atoms with van der Waals surface area (Å²) in [6, 6.07) is 12.6. The first kappa shape index (κ1) is 21.0. The van der Waals surface area contributed by atoms with E-state index in [1.165, 1.54) is 12.1 Å². The molecular formula is C22H19F2N7O. The number of rotatable bonds is 5. The van der Waals surface area contributed by atoms with Crippen molar-refractivity contribution >= 4 is 17.4 Å². The van der Waals surface area contributed by atoms with Crippen molar-refractivity contribution in [1.82, 2.24) is 25.2 Å². The average Bonchev–Trinajstić information content (AvgIpc) is 3.26. The van der Waals surface area contributed by atoms with E-state index in [1.807, 2.05) is 26.0 Å². The van der Waals surface area contributed by atoms with Gasteiger partial charge in [0.15, 0.2) is 17.5 Å². The second-order valence-corrected chi connectivity index (χ2v) is 7.37. The molecule has 8 nitrogen and oxygen atoms in total. The molecule has 0 unspecified atom stereocenters. The molecule has 32 heavy (non-hydrogen) atoms. The van der Waals surface area contributed by atoms with E-state index >= 15 is 0 Å². The van der Waals surface area contributed by atoms with Crippen molar-refractivity contribution < 1.29 is 13.6 Å². The highest BCUT2D eigenvalue weighted by Gasteiger charge is 2.19. The smallest absolute Gasteiger partial charge is 0.226 e. The van der Waals surface area contributed by atoms with Crippen molar-refractivity contribution in [2.45, 2.75) is 13.8 Å². The van der Waals surface area contributed by atoms with Crippen LogP contribution in [0.25, 0.3) is 28.2 Å². The molecule has 4 rings (SSSR count). The summed E-state index contributed by atoms with van der Waals surface area (Å²) in [6.07, 6.45) is 1.58. The quantitative estimate of drug-likeness (QED) is 0.493. The minimum Gasteiger partial charge on any atom is -0.383 e. The van der Waals surface area contributed by atoms with E-state index in [-0.39, 0.29) is 29.2 Å². The molecule has 0 saturated heterocycles. The molecule has 2 aromatic heterocycles. The summed E-state index contributed by atoms with van der Waals surface area (Å²) in [4.78, 5) is 16.1. The first-order valence-corrected chi connectivity index (χ1v) is 9.75. The third-order valence-corrected chi connectivity index (χ3v) is 4.80. The Hall–Kier alpha value is -4.21. The molecule has 0 atom stereocenters. The molecule has 4 aromatic rings. The van der Waals surface area contributed by atoms with Gasteiger partial charge in [-0.25, -0.2) is 13.8 Å². The second kappa shape index (κ2) is 8.50. The molecule has 0 bridgehead atoms. The summed E-state index contributed by atoms with van der Waals surface area (Å²) < 4.78 is 29.1. The van der Waals surface area contributed by atoms with Crippen LogP contribution in [-0.2, 0) is 4.79 Å². The fourth-order valence-electron chi connectivity index (χ4n) is 3.02. The Morgan fingerprint density at radius 3 is 2.56 bits per heavy atom. The highest BCUT2D eigenvalue weighted by molar-refractivity contribution is 5.92. The van der Waals surface area contributed by atoms with E-state index in [2.05, 4.69) is 25.8 Å². The highest BCUT2D eigenvalue weighted by Crippen LogP contribution is 2.30. The number of hydrogen-bond donors (Lipinski definition) is 2. The molecule has 0 radical (unpaired) electrons. The van der Waals surface area contributed by atoms with E-state index in [4.69, 9.17) is 5.73 Å². The molecule has 2 aromatic carbocycles. The molecule has 3 N–H and O–H groups in total. The van der Waals surface area contributed by atoms with Gasteiger partial charge in [-0.1, -0.05) is 32.0 Å². The zero-order valence-corrected chi connectivity index (χ0v) is 17.3. The highest BCUT2D eigenvalue weighted by atomic mass is 19.2. The number of carbonyl (C=O) groups is 1. The van der Waals surface area contributed by atoms with Gasteiger partial charge in [-0.15, -0.1) is 5.10 Å². The molecule has 162 valence electrons. The Morgan fingerprint density at radius 1 is 1.09 bits per heavy atom.